The number of H-pyrrole nitrogens is 1. The minimum absolute atomic E-state index is 0.157. The van der Waals surface area contributed by atoms with Crippen molar-refractivity contribution >= 4 is 12.2 Å². The molecule has 0 radical (unpaired) electrons. The monoisotopic (exact) mass is 251 g/mol. The highest BCUT2D eigenvalue weighted by Gasteiger charge is 2.13. The summed E-state index contributed by atoms with van der Waals surface area (Å²) >= 11 is 5.03. The normalized spacial score (nSPS) is 10.8. The Balaban J connectivity index is 2.76. The summed E-state index contributed by atoms with van der Waals surface area (Å²) in [6.45, 7) is 4.25. The van der Waals surface area contributed by atoms with Crippen LogP contribution in [0, 0.1) is 11.7 Å². The van der Waals surface area contributed by atoms with Crippen molar-refractivity contribution in [3.63, 3.8) is 0 Å². The SMILES string of the molecule is CCn1nc(C)cc(-c2n[nH]c(=S)n2C)c1=O. The van der Waals surface area contributed by atoms with Crippen molar-refractivity contribution < 1.29 is 0 Å². The average Bonchev–Trinajstić information content (AvgIpc) is 2.63. The summed E-state index contributed by atoms with van der Waals surface area (Å²) in [6.07, 6.45) is 0. The lowest BCUT2D eigenvalue weighted by Gasteiger charge is -2.05. The number of hydrogen-bond acceptors (Lipinski definition) is 4. The molecule has 2 aromatic heterocycles. The van der Waals surface area contributed by atoms with E-state index in [0.717, 1.165) is 5.69 Å². The molecule has 0 saturated carbocycles. The van der Waals surface area contributed by atoms with E-state index in [1.807, 2.05) is 13.8 Å². The van der Waals surface area contributed by atoms with Crippen LogP contribution in [-0.4, -0.2) is 24.5 Å². The van der Waals surface area contributed by atoms with Crippen LogP contribution in [0.15, 0.2) is 10.9 Å². The fourth-order valence-electron chi connectivity index (χ4n) is 1.64. The van der Waals surface area contributed by atoms with E-state index < -0.39 is 0 Å². The lowest BCUT2D eigenvalue weighted by atomic mass is 10.2. The van der Waals surface area contributed by atoms with E-state index in [9.17, 15) is 4.79 Å². The maximum atomic E-state index is 12.1. The molecule has 6 nitrogen and oxygen atoms in total. The van der Waals surface area contributed by atoms with E-state index in [1.54, 1.807) is 17.7 Å². The first-order valence-corrected chi connectivity index (χ1v) is 5.66. The zero-order chi connectivity index (χ0) is 12.6. The summed E-state index contributed by atoms with van der Waals surface area (Å²) in [7, 11) is 1.77. The molecule has 17 heavy (non-hydrogen) atoms. The number of nitrogens with one attached hydrogen (secondary N) is 1. The van der Waals surface area contributed by atoms with E-state index in [2.05, 4.69) is 15.3 Å². The fourth-order valence-corrected chi connectivity index (χ4v) is 1.77. The molecule has 0 aromatic carbocycles. The molecular formula is C10H13N5OS. The Morgan fingerprint density at radius 1 is 1.53 bits per heavy atom. The second-order valence-electron chi connectivity index (χ2n) is 3.73. The van der Waals surface area contributed by atoms with Gasteiger partial charge in [-0.15, -0.1) is 0 Å². The molecule has 0 fully saturated rings. The largest absolute Gasteiger partial charge is 0.303 e. The number of nitrogens with zero attached hydrogens (tertiary/aromatic N) is 4. The second kappa shape index (κ2) is 4.25. The van der Waals surface area contributed by atoms with Crippen LogP contribution in [0.1, 0.15) is 12.6 Å². The van der Waals surface area contributed by atoms with Crippen LogP contribution in [0.5, 0.6) is 0 Å². The molecular weight excluding hydrogens is 238 g/mol. The van der Waals surface area contributed by atoms with E-state index in [4.69, 9.17) is 12.2 Å². The molecule has 1 N–H and O–H groups in total. The van der Waals surface area contributed by atoms with E-state index in [1.165, 1.54) is 4.68 Å². The Labute approximate surface area is 103 Å². The predicted molar refractivity (Wildman–Crippen MR) is 66.3 cm³/mol. The predicted octanol–water partition coefficient (Wildman–Crippen LogP) is 1.03. The van der Waals surface area contributed by atoms with Crippen LogP contribution in [0.2, 0.25) is 0 Å². The number of aromatic amines is 1. The van der Waals surface area contributed by atoms with Gasteiger partial charge in [0.25, 0.3) is 5.56 Å². The van der Waals surface area contributed by atoms with Crippen molar-refractivity contribution in [3.8, 4) is 11.4 Å². The zero-order valence-electron chi connectivity index (χ0n) is 9.89. The van der Waals surface area contributed by atoms with Gasteiger partial charge in [-0.25, -0.2) is 4.68 Å². The van der Waals surface area contributed by atoms with Gasteiger partial charge in [-0.2, -0.15) is 10.2 Å². The molecule has 0 spiro atoms. The van der Waals surface area contributed by atoms with Gasteiger partial charge in [0.05, 0.1) is 11.3 Å². The van der Waals surface area contributed by atoms with Gasteiger partial charge in [-0.1, -0.05) is 0 Å². The summed E-state index contributed by atoms with van der Waals surface area (Å²) in [5, 5.41) is 10.9. The molecule has 2 rings (SSSR count). The minimum atomic E-state index is -0.157. The number of aromatic nitrogens is 5. The molecule has 0 aliphatic rings. The van der Waals surface area contributed by atoms with Crippen molar-refractivity contribution in [2.24, 2.45) is 7.05 Å². The first-order valence-electron chi connectivity index (χ1n) is 5.25. The number of aryl methyl sites for hydroxylation is 2. The molecule has 0 atom stereocenters. The van der Waals surface area contributed by atoms with Gasteiger partial charge in [-0.3, -0.25) is 9.89 Å². The van der Waals surface area contributed by atoms with Gasteiger partial charge in [0.1, 0.15) is 0 Å². The van der Waals surface area contributed by atoms with Crippen LogP contribution < -0.4 is 5.56 Å². The summed E-state index contributed by atoms with van der Waals surface area (Å²) in [4.78, 5) is 12.1. The van der Waals surface area contributed by atoms with Gasteiger partial charge >= 0.3 is 0 Å². The van der Waals surface area contributed by atoms with E-state index in [0.29, 0.717) is 22.7 Å². The van der Waals surface area contributed by atoms with Crippen LogP contribution >= 0.6 is 12.2 Å². The molecule has 0 bridgehead atoms. The summed E-state index contributed by atoms with van der Waals surface area (Å²) in [6, 6.07) is 1.72. The lowest BCUT2D eigenvalue weighted by Crippen LogP contribution is -2.25. The molecule has 0 aliphatic carbocycles. The molecule has 7 heteroatoms. The molecule has 90 valence electrons. The maximum Gasteiger partial charge on any atom is 0.277 e. The van der Waals surface area contributed by atoms with Crippen molar-refractivity contribution in [1.29, 1.82) is 0 Å². The van der Waals surface area contributed by atoms with Crippen LogP contribution in [0.25, 0.3) is 11.4 Å². The molecule has 0 aliphatic heterocycles. The smallest absolute Gasteiger partial charge is 0.277 e. The standard InChI is InChI=1S/C10H13N5OS/c1-4-15-9(16)7(5-6(2)13-15)8-11-12-10(17)14(8)3/h5H,4H2,1-3H3,(H,12,17). The molecule has 0 saturated heterocycles. The van der Waals surface area contributed by atoms with Crippen molar-refractivity contribution in [3.05, 3.63) is 26.9 Å². The zero-order valence-corrected chi connectivity index (χ0v) is 10.7. The highest BCUT2D eigenvalue weighted by Crippen LogP contribution is 2.11. The fraction of sp³-hybridized carbons (Fsp3) is 0.400. The first kappa shape index (κ1) is 11.7. The third-order valence-electron chi connectivity index (χ3n) is 2.52. The molecule has 0 amide bonds. The average molecular weight is 251 g/mol. The van der Waals surface area contributed by atoms with Crippen molar-refractivity contribution in [1.82, 2.24) is 24.5 Å². The van der Waals surface area contributed by atoms with Crippen LogP contribution in [0.3, 0.4) is 0 Å². The Bertz CT molecular complexity index is 666. The molecule has 0 unspecified atom stereocenters. The van der Waals surface area contributed by atoms with Crippen molar-refractivity contribution in [2.75, 3.05) is 0 Å². The van der Waals surface area contributed by atoms with Gasteiger partial charge in [0.15, 0.2) is 10.6 Å². The first-order chi connectivity index (χ1) is 8.04. The number of rotatable bonds is 2. The minimum Gasteiger partial charge on any atom is -0.303 e. The van der Waals surface area contributed by atoms with Gasteiger partial charge < -0.3 is 4.57 Å². The summed E-state index contributed by atoms with van der Waals surface area (Å²) in [5.41, 5.74) is 1.12. The van der Waals surface area contributed by atoms with E-state index in [-0.39, 0.29) is 5.56 Å². The summed E-state index contributed by atoms with van der Waals surface area (Å²) in [5.74, 6) is 0.535. The Kier molecular flexibility index (Phi) is 2.93. The van der Waals surface area contributed by atoms with Gasteiger partial charge in [0, 0.05) is 13.6 Å². The maximum absolute atomic E-state index is 12.1. The molecule has 2 aromatic rings. The Morgan fingerprint density at radius 2 is 2.24 bits per heavy atom. The van der Waals surface area contributed by atoms with Gasteiger partial charge in [0.2, 0.25) is 0 Å². The van der Waals surface area contributed by atoms with Crippen molar-refractivity contribution in [2.45, 2.75) is 20.4 Å². The van der Waals surface area contributed by atoms with E-state index >= 15 is 0 Å². The third-order valence-corrected chi connectivity index (χ3v) is 2.88. The topological polar surface area (TPSA) is 68.5 Å². The highest BCUT2D eigenvalue weighted by atomic mass is 32.1. The second-order valence-corrected chi connectivity index (χ2v) is 4.12. The third kappa shape index (κ3) is 1.93. The van der Waals surface area contributed by atoms with Gasteiger partial charge in [-0.05, 0) is 32.1 Å². The number of hydrogen-bond donors (Lipinski definition) is 1. The quantitative estimate of drug-likeness (QED) is 0.809. The van der Waals surface area contributed by atoms with Crippen LogP contribution in [-0.2, 0) is 13.6 Å². The Hall–Kier alpha value is -1.76. The Morgan fingerprint density at radius 3 is 2.76 bits per heavy atom. The summed E-state index contributed by atoms with van der Waals surface area (Å²) < 4.78 is 3.57. The molecule has 2 heterocycles. The lowest BCUT2D eigenvalue weighted by molar-refractivity contribution is 0.606. The highest BCUT2D eigenvalue weighted by molar-refractivity contribution is 7.71. The van der Waals surface area contributed by atoms with Crippen LogP contribution in [0.4, 0.5) is 0 Å².